The molecule has 9 heteroatoms. The molecule has 4 rings (SSSR count). The van der Waals surface area contributed by atoms with Gasteiger partial charge in [-0.1, -0.05) is 6.07 Å². The average molecular weight is 453 g/mol. The fourth-order valence-electron chi connectivity index (χ4n) is 3.84. The highest BCUT2D eigenvalue weighted by molar-refractivity contribution is 5.88. The minimum Gasteiger partial charge on any atom is -0.460 e. The van der Waals surface area contributed by atoms with Crippen LogP contribution in [-0.4, -0.2) is 62.5 Å². The summed E-state index contributed by atoms with van der Waals surface area (Å²) in [5.41, 5.74) is 1.74. The second-order valence-electron chi connectivity index (χ2n) is 9.08. The molecule has 0 saturated carbocycles. The summed E-state index contributed by atoms with van der Waals surface area (Å²) in [7, 11) is 0. The topological polar surface area (TPSA) is 94.4 Å². The summed E-state index contributed by atoms with van der Waals surface area (Å²) >= 11 is 0. The largest absolute Gasteiger partial charge is 0.460 e. The van der Waals surface area contributed by atoms with E-state index in [9.17, 15) is 4.79 Å². The minimum atomic E-state index is -1.12. The second kappa shape index (κ2) is 9.84. The van der Waals surface area contributed by atoms with Gasteiger partial charge in [-0.05, 0) is 45.4 Å². The molecular weight excluding hydrogens is 420 g/mol. The number of hydrogen-bond donors (Lipinski definition) is 1. The summed E-state index contributed by atoms with van der Waals surface area (Å²) < 4.78 is 13.6. The minimum absolute atomic E-state index is 0.156. The third-order valence-electron chi connectivity index (χ3n) is 5.68. The van der Waals surface area contributed by atoms with E-state index in [1.807, 2.05) is 4.68 Å². The molecule has 2 aromatic heterocycles. The maximum absolute atomic E-state index is 12.9. The second-order valence-corrected chi connectivity index (χ2v) is 9.08. The normalized spacial score (nSPS) is 15.2. The predicted octanol–water partition coefficient (Wildman–Crippen LogP) is 2.71. The predicted molar refractivity (Wildman–Crippen MR) is 125 cm³/mol. The molecule has 1 aromatic carbocycles. The lowest BCUT2D eigenvalue weighted by Crippen LogP contribution is -2.46. The zero-order chi connectivity index (χ0) is 23.4. The van der Waals surface area contributed by atoms with Crippen LogP contribution in [0.25, 0.3) is 10.9 Å². The van der Waals surface area contributed by atoms with Crippen LogP contribution in [0.3, 0.4) is 0 Å². The van der Waals surface area contributed by atoms with E-state index >= 15 is 0 Å². The van der Waals surface area contributed by atoms with E-state index in [0.29, 0.717) is 11.6 Å². The third-order valence-corrected chi connectivity index (χ3v) is 5.68. The zero-order valence-corrected chi connectivity index (χ0v) is 19.7. The Hall–Kier alpha value is -3.04. The van der Waals surface area contributed by atoms with Gasteiger partial charge in [0.2, 0.25) is 5.88 Å². The number of amides is 1. The van der Waals surface area contributed by atoms with Crippen LogP contribution in [0.4, 0.5) is 0 Å². The molecule has 1 saturated heterocycles. The van der Waals surface area contributed by atoms with Gasteiger partial charge in [0.15, 0.2) is 5.60 Å². The molecule has 33 heavy (non-hydrogen) atoms. The van der Waals surface area contributed by atoms with E-state index in [2.05, 4.69) is 52.2 Å². The highest BCUT2D eigenvalue weighted by atomic mass is 16.5. The van der Waals surface area contributed by atoms with Gasteiger partial charge in [0, 0.05) is 38.1 Å². The molecule has 1 aliphatic rings. The van der Waals surface area contributed by atoms with E-state index in [1.54, 1.807) is 32.4 Å². The van der Waals surface area contributed by atoms with Crippen LogP contribution in [-0.2, 0) is 22.6 Å². The lowest BCUT2D eigenvalue weighted by molar-refractivity contribution is -0.134. The van der Waals surface area contributed by atoms with Crippen molar-refractivity contribution < 1.29 is 14.3 Å². The van der Waals surface area contributed by atoms with Crippen molar-refractivity contribution in [1.82, 2.24) is 30.0 Å². The van der Waals surface area contributed by atoms with Crippen LogP contribution in [0.1, 0.15) is 45.0 Å². The Morgan fingerprint density at radius 3 is 2.73 bits per heavy atom. The van der Waals surface area contributed by atoms with Crippen molar-refractivity contribution in [2.45, 2.75) is 52.4 Å². The van der Waals surface area contributed by atoms with Gasteiger partial charge in [-0.2, -0.15) is 0 Å². The van der Waals surface area contributed by atoms with Gasteiger partial charge >= 0.3 is 0 Å². The van der Waals surface area contributed by atoms with Gasteiger partial charge in [0.05, 0.1) is 42.6 Å². The number of aromatic nitrogens is 4. The summed E-state index contributed by atoms with van der Waals surface area (Å²) in [6, 6.07) is 6.51. The number of nitrogens with one attached hydrogen (secondary N) is 1. The van der Waals surface area contributed by atoms with Crippen LogP contribution in [0.5, 0.6) is 5.88 Å². The van der Waals surface area contributed by atoms with Gasteiger partial charge in [-0.15, -0.1) is 5.10 Å². The number of carbonyl (C=O) groups excluding carboxylic acids is 1. The maximum Gasteiger partial charge on any atom is 0.263 e. The molecule has 176 valence electrons. The Kier molecular flexibility index (Phi) is 6.90. The van der Waals surface area contributed by atoms with E-state index in [1.165, 1.54) is 5.56 Å². The Morgan fingerprint density at radius 1 is 1.24 bits per heavy atom. The fourth-order valence-corrected chi connectivity index (χ4v) is 3.84. The number of carbonyl (C=O) groups is 1. The molecule has 9 nitrogen and oxygen atoms in total. The first kappa shape index (κ1) is 23.1. The molecule has 1 amide bonds. The molecule has 3 aromatic rings. The number of ether oxygens (including phenoxy) is 2. The van der Waals surface area contributed by atoms with E-state index in [0.717, 1.165) is 43.8 Å². The van der Waals surface area contributed by atoms with Crippen molar-refractivity contribution in [3.63, 3.8) is 0 Å². The average Bonchev–Trinajstić information content (AvgIpc) is 3.16. The van der Waals surface area contributed by atoms with Crippen molar-refractivity contribution in [1.29, 1.82) is 0 Å². The third kappa shape index (κ3) is 5.48. The van der Waals surface area contributed by atoms with Gasteiger partial charge in [-0.3, -0.25) is 24.3 Å². The standard InChI is InChI=1S/C24H32N6O3/c1-17(2)30-21-6-5-18(16-29-9-11-32-12-10-29)13-20(21)22(28-30)33-24(3,4)23(31)27-15-19-14-25-7-8-26-19/h5-8,13-14,17H,9-12,15-16H2,1-4H3,(H,27,31). The van der Waals surface area contributed by atoms with Crippen LogP contribution >= 0.6 is 0 Å². The van der Waals surface area contributed by atoms with Crippen LogP contribution < -0.4 is 10.1 Å². The quantitative estimate of drug-likeness (QED) is 0.562. The van der Waals surface area contributed by atoms with Crippen LogP contribution in [0.2, 0.25) is 0 Å². The number of fused-ring (bicyclic) bond motifs is 1. The van der Waals surface area contributed by atoms with Crippen molar-refractivity contribution in [3.8, 4) is 5.88 Å². The highest BCUT2D eigenvalue weighted by Gasteiger charge is 2.32. The molecule has 0 radical (unpaired) electrons. The highest BCUT2D eigenvalue weighted by Crippen LogP contribution is 2.31. The van der Waals surface area contributed by atoms with Gasteiger partial charge < -0.3 is 14.8 Å². The molecule has 3 heterocycles. The first-order chi connectivity index (χ1) is 15.8. The monoisotopic (exact) mass is 452 g/mol. The number of benzene rings is 1. The lowest BCUT2D eigenvalue weighted by atomic mass is 10.1. The molecule has 0 unspecified atom stereocenters. The molecule has 1 aliphatic heterocycles. The Morgan fingerprint density at radius 2 is 2.03 bits per heavy atom. The Balaban J connectivity index is 1.55. The van der Waals surface area contributed by atoms with E-state index < -0.39 is 5.60 Å². The molecule has 0 aliphatic carbocycles. The Labute approximate surface area is 194 Å². The summed E-state index contributed by atoms with van der Waals surface area (Å²) in [5.74, 6) is 0.215. The first-order valence-electron chi connectivity index (χ1n) is 11.4. The smallest absolute Gasteiger partial charge is 0.263 e. The molecule has 0 atom stereocenters. The van der Waals surface area contributed by atoms with Gasteiger partial charge in [0.1, 0.15) is 0 Å². The van der Waals surface area contributed by atoms with Crippen LogP contribution in [0.15, 0.2) is 36.8 Å². The van der Waals surface area contributed by atoms with Crippen molar-refractivity contribution >= 4 is 16.8 Å². The van der Waals surface area contributed by atoms with Gasteiger partial charge in [-0.25, -0.2) is 0 Å². The SMILES string of the molecule is CC(C)n1nc(OC(C)(C)C(=O)NCc2cnccn2)c2cc(CN3CCOCC3)ccc21. The molecule has 0 spiro atoms. The fraction of sp³-hybridized carbons (Fsp3) is 0.500. The van der Waals surface area contributed by atoms with E-state index in [-0.39, 0.29) is 18.5 Å². The summed E-state index contributed by atoms with van der Waals surface area (Å²) in [6.07, 6.45) is 4.83. The number of nitrogens with zero attached hydrogens (tertiary/aromatic N) is 5. The lowest BCUT2D eigenvalue weighted by Gasteiger charge is -2.26. The van der Waals surface area contributed by atoms with Crippen molar-refractivity contribution in [3.05, 3.63) is 48.0 Å². The zero-order valence-electron chi connectivity index (χ0n) is 19.7. The summed E-state index contributed by atoms with van der Waals surface area (Å²) in [4.78, 5) is 23.5. The van der Waals surface area contributed by atoms with Gasteiger partial charge in [0.25, 0.3) is 5.91 Å². The molecule has 0 bridgehead atoms. The van der Waals surface area contributed by atoms with Crippen LogP contribution in [0, 0.1) is 0 Å². The molecule has 1 fully saturated rings. The number of morpholine rings is 1. The van der Waals surface area contributed by atoms with Crippen molar-refractivity contribution in [2.75, 3.05) is 26.3 Å². The Bertz CT molecular complexity index is 1090. The van der Waals surface area contributed by atoms with E-state index in [4.69, 9.17) is 14.6 Å². The first-order valence-corrected chi connectivity index (χ1v) is 11.4. The number of rotatable bonds is 8. The maximum atomic E-state index is 12.9. The summed E-state index contributed by atoms with van der Waals surface area (Å²) in [5, 5.41) is 8.51. The summed E-state index contributed by atoms with van der Waals surface area (Å²) in [6.45, 7) is 12.1. The van der Waals surface area contributed by atoms with Crippen molar-refractivity contribution in [2.24, 2.45) is 0 Å². The number of hydrogen-bond acceptors (Lipinski definition) is 7. The molecule has 1 N–H and O–H groups in total. The molecular formula is C24H32N6O3.